The van der Waals surface area contributed by atoms with Crippen molar-refractivity contribution in [2.24, 2.45) is 5.92 Å². The molecule has 1 aromatic carbocycles. The van der Waals surface area contributed by atoms with Crippen molar-refractivity contribution in [3.05, 3.63) is 33.8 Å². The number of aliphatic hydroxyl groups excluding tert-OH is 1. The standard InChI is InChI=1S/C16H18Cl2O2/c17-12-6-5-10(9-13(12)18)16(7-2-8-16)15(20)11-3-1-4-14(11)19/h5-6,9,11,15,20H,1-4,7-8H2/t11?,15-/m1/s1. The van der Waals surface area contributed by atoms with Crippen molar-refractivity contribution in [2.75, 3.05) is 0 Å². The number of halogens is 2. The van der Waals surface area contributed by atoms with Gasteiger partial charge in [-0.3, -0.25) is 4.79 Å². The maximum atomic E-state index is 11.9. The Morgan fingerprint density at radius 1 is 1.20 bits per heavy atom. The highest BCUT2D eigenvalue weighted by molar-refractivity contribution is 6.42. The Morgan fingerprint density at radius 3 is 2.45 bits per heavy atom. The Morgan fingerprint density at radius 2 is 1.95 bits per heavy atom. The van der Waals surface area contributed by atoms with Crippen LogP contribution in [-0.2, 0) is 10.2 Å². The molecular weight excluding hydrogens is 295 g/mol. The van der Waals surface area contributed by atoms with Gasteiger partial charge >= 0.3 is 0 Å². The van der Waals surface area contributed by atoms with E-state index in [-0.39, 0.29) is 17.1 Å². The first-order valence-corrected chi connectivity index (χ1v) is 7.96. The average Bonchev–Trinajstić information content (AvgIpc) is 2.78. The number of benzene rings is 1. The molecule has 2 saturated carbocycles. The summed E-state index contributed by atoms with van der Waals surface area (Å²) in [5.74, 6) is 0.00795. The molecule has 2 aliphatic rings. The molecule has 0 radical (unpaired) electrons. The van der Waals surface area contributed by atoms with Gasteiger partial charge in [-0.1, -0.05) is 35.7 Å². The molecule has 1 N–H and O–H groups in total. The molecule has 0 aromatic heterocycles. The topological polar surface area (TPSA) is 37.3 Å². The lowest BCUT2D eigenvalue weighted by atomic mass is 9.58. The minimum absolute atomic E-state index is 0.204. The predicted octanol–water partition coefficient (Wildman–Crippen LogP) is 4.15. The second kappa shape index (κ2) is 5.32. The Hall–Kier alpha value is -0.570. The molecule has 0 saturated heterocycles. The summed E-state index contributed by atoms with van der Waals surface area (Å²) in [6, 6.07) is 5.57. The SMILES string of the molecule is O=C1CCCC1[C@@H](O)C1(c2ccc(Cl)c(Cl)c2)CCC1. The third-order valence-electron chi connectivity index (χ3n) is 5.04. The van der Waals surface area contributed by atoms with E-state index in [9.17, 15) is 9.90 Å². The molecule has 0 aliphatic heterocycles. The molecule has 0 heterocycles. The molecule has 1 unspecified atom stereocenters. The van der Waals surface area contributed by atoms with Crippen LogP contribution in [0.3, 0.4) is 0 Å². The fourth-order valence-corrected chi connectivity index (χ4v) is 3.98. The highest BCUT2D eigenvalue weighted by atomic mass is 35.5. The summed E-state index contributed by atoms with van der Waals surface area (Å²) in [5.41, 5.74) is 0.712. The number of hydrogen-bond donors (Lipinski definition) is 1. The summed E-state index contributed by atoms with van der Waals surface area (Å²) in [4.78, 5) is 11.9. The maximum Gasteiger partial charge on any atom is 0.138 e. The van der Waals surface area contributed by atoms with Crippen molar-refractivity contribution in [3.8, 4) is 0 Å². The molecule has 0 amide bonds. The van der Waals surface area contributed by atoms with Crippen molar-refractivity contribution in [3.63, 3.8) is 0 Å². The first-order chi connectivity index (χ1) is 9.54. The van der Waals surface area contributed by atoms with Crippen LogP contribution in [0, 0.1) is 5.92 Å². The third kappa shape index (κ3) is 2.18. The minimum Gasteiger partial charge on any atom is -0.391 e. The van der Waals surface area contributed by atoms with E-state index in [0.29, 0.717) is 16.5 Å². The van der Waals surface area contributed by atoms with Crippen LogP contribution in [0.1, 0.15) is 44.1 Å². The van der Waals surface area contributed by atoms with Crippen molar-refractivity contribution < 1.29 is 9.90 Å². The molecule has 4 heteroatoms. The van der Waals surface area contributed by atoms with Gasteiger partial charge in [-0.2, -0.15) is 0 Å². The molecule has 0 spiro atoms. The summed E-state index contributed by atoms with van der Waals surface area (Å²) in [5, 5.41) is 11.8. The number of Topliss-reactive ketones (excluding diaryl/α,β-unsaturated/α-hetero) is 1. The molecule has 2 fully saturated rings. The molecule has 2 aliphatic carbocycles. The Labute approximate surface area is 129 Å². The van der Waals surface area contributed by atoms with Crippen molar-refractivity contribution >= 4 is 29.0 Å². The van der Waals surface area contributed by atoms with Gasteiger partial charge in [0, 0.05) is 17.8 Å². The monoisotopic (exact) mass is 312 g/mol. The van der Waals surface area contributed by atoms with E-state index < -0.39 is 6.10 Å². The number of aliphatic hydroxyl groups is 1. The fraction of sp³-hybridized carbons (Fsp3) is 0.562. The Balaban J connectivity index is 1.94. The molecule has 20 heavy (non-hydrogen) atoms. The van der Waals surface area contributed by atoms with E-state index in [1.807, 2.05) is 12.1 Å². The summed E-state index contributed by atoms with van der Waals surface area (Å²) >= 11 is 12.1. The van der Waals surface area contributed by atoms with E-state index in [2.05, 4.69) is 0 Å². The Bertz CT molecular complexity index is 537. The van der Waals surface area contributed by atoms with Gasteiger partial charge in [0.2, 0.25) is 0 Å². The Kier molecular flexibility index (Phi) is 3.83. The lowest BCUT2D eigenvalue weighted by molar-refractivity contribution is -0.127. The van der Waals surface area contributed by atoms with Crippen LogP contribution in [0.5, 0.6) is 0 Å². The van der Waals surface area contributed by atoms with E-state index in [1.54, 1.807) is 6.07 Å². The zero-order chi connectivity index (χ0) is 14.3. The van der Waals surface area contributed by atoms with Gasteiger partial charge in [-0.15, -0.1) is 0 Å². The lowest BCUT2D eigenvalue weighted by Crippen LogP contribution is -2.50. The van der Waals surface area contributed by atoms with E-state index in [0.717, 1.165) is 37.7 Å². The molecular formula is C16H18Cl2O2. The molecule has 3 rings (SSSR count). The van der Waals surface area contributed by atoms with Crippen LogP contribution < -0.4 is 0 Å². The van der Waals surface area contributed by atoms with Gasteiger partial charge in [-0.05, 0) is 43.4 Å². The quantitative estimate of drug-likeness (QED) is 0.910. The molecule has 108 valence electrons. The van der Waals surface area contributed by atoms with Gasteiger partial charge in [0.1, 0.15) is 5.78 Å². The lowest BCUT2D eigenvalue weighted by Gasteiger charge is -2.48. The molecule has 0 bridgehead atoms. The van der Waals surface area contributed by atoms with E-state index >= 15 is 0 Å². The van der Waals surface area contributed by atoms with Gasteiger partial charge in [0.25, 0.3) is 0 Å². The largest absolute Gasteiger partial charge is 0.391 e. The highest BCUT2D eigenvalue weighted by Crippen LogP contribution is 2.50. The van der Waals surface area contributed by atoms with Gasteiger partial charge < -0.3 is 5.11 Å². The van der Waals surface area contributed by atoms with Crippen LogP contribution >= 0.6 is 23.2 Å². The van der Waals surface area contributed by atoms with Crippen LogP contribution in [0.25, 0.3) is 0 Å². The fourth-order valence-electron chi connectivity index (χ4n) is 3.68. The number of rotatable bonds is 3. The number of carbonyl (C=O) groups excluding carboxylic acids is 1. The van der Waals surface area contributed by atoms with Crippen molar-refractivity contribution in [1.29, 1.82) is 0 Å². The predicted molar refractivity (Wildman–Crippen MR) is 80.3 cm³/mol. The van der Waals surface area contributed by atoms with Crippen LogP contribution in [0.15, 0.2) is 18.2 Å². The summed E-state index contributed by atoms with van der Waals surface area (Å²) in [7, 11) is 0. The highest BCUT2D eigenvalue weighted by Gasteiger charge is 2.50. The first-order valence-electron chi connectivity index (χ1n) is 7.21. The molecule has 2 nitrogen and oxygen atoms in total. The summed E-state index contributed by atoms with van der Waals surface area (Å²) < 4.78 is 0. The average molecular weight is 313 g/mol. The van der Waals surface area contributed by atoms with Crippen molar-refractivity contribution in [2.45, 2.75) is 50.0 Å². The van der Waals surface area contributed by atoms with E-state index in [1.165, 1.54) is 0 Å². The second-order valence-corrected chi connectivity index (χ2v) is 6.86. The summed E-state index contributed by atoms with van der Waals surface area (Å²) in [6.45, 7) is 0. The van der Waals surface area contributed by atoms with Crippen molar-refractivity contribution in [1.82, 2.24) is 0 Å². The second-order valence-electron chi connectivity index (χ2n) is 6.05. The van der Waals surface area contributed by atoms with E-state index in [4.69, 9.17) is 23.2 Å². The van der Waals surface area contributed by atoms with Crippen LogP contribution in [-0.4, -0.2) is 17.0 Å². The number of ketones is 1. The zero-order valence-electron chi connectivity index (χ0n) is 11.2. The van der Waals surface area contributed by atoms with Gasteiger partial charge in [0.05, 0.1) is 16.1 Å². The van der Waals surface area contributed by atoms with Crippen LogP contribution in [0.4, 0.5) is 0 Å². The van der Waals surface area contributed by atoms with Gasteiger partial charge in [0.15, 0.2) is 0 Å². The number of hydrogen-bond acceptors (Lipinski definition) is 2. The maximum absolute atomic E-state index is 11.9. The zero-order valence-corrected chi connectivity index (χ0v) is 12.8. The smallest absolute Gasteiger partial charge is 0.138 e. The normalized spacial score (nSPS) is 26.4. The molecule has 2 atom stereocenters. The number of carbonyl (C=O) groups is 1. The third-order valence-corrected chi connectivity index (χ3v) is 5.78. The van der Waals surface area contributed by atoms with Crippen LogP contribution in [0.2, 0.25) is 10.0 Å². The molecule has 1 aromatic rings. The first kappa shape index (κ1) is 14.4. The summed E-state index contributed by atoms with van der Waals surface area (Å²) in [6.07, 6.45) is 4.63. The minimum atomic E-state index is -0.594. The van der Waals surface area contributed by atoms with Gasteiger partial charge in [-0.25, -0.2) is 0 Å².